The molecule has 4 aromatic rings. The van der Waals surface area contributed by atoms with E-state index in [1.807, 2.05) is 0 Å². The lowest BCUT2D eigenvalue weighted by atomic mass is 10.2. The van der Waals surface area contributed by atoms with E-state index < -0.39 is 11.1 Å². The van der Waals surface area contributed by atoms with Crippen molar-refractivity contribution in [2.45, 2.75) is 0 Å². The van der Waals surface area contributed by atoms with E-state index in [0.29, 0.717) is 22.8 Å². The van der Waals surface area contributed by atoms with Crippen LogP contribution in [0, 0.1) is 5.82 Å². The first-order valence-electron chi connectivity index (χ1n) is 8.81. The molecule has 0 saturated heterocycles. The van der Waals surface area contributed by atoms with Crippen LogP contribution in [0.4, 0.5) is 4.39 Å². The number of furan rings is 1. The lowest BCUT2D eigenvalue weighted by Gasteiger charge is -2.06. The van der Waals surface area contributed by atoms with Crippen LogP contribution in [0.25, 0.3) is 12.2 Å². The third-order valence-electron chi connectivity index (χ3n) is 4.08. The molecule has 0 amide bonds. The molecule has 0 radical (unpaired) electrons. The first-order valence-corrected chi connectivity index (χ1v) is 9.19. The van der Waals surface area contributed by atoms with Gasteiger partial charge in [-0.15, -0.1) is 0 Å². The molecule has 0 unspecified atom stereocenters. The fourth-order valence-corrected chi connectivity index (χ4v) is 2.87. The minimum atomic E-state index is -0.493. The van der Waals surface area contributed by atoms with Crippen LogP contribution >= 0.6 is 11.6 Å². The van der Waals surface area contributed by atoms with Crippen molar-refractivity contribution < 1.29 is 13.5 Å². The molecule has 6 nitrogen and oxygen atoms in total. The number of rotatable bonds is 4. The smallest absolute Gasteiger partial charge is 0.272 e. The van der Waals surface area contributed by atoms with Crippen molar-refractivity contribution in [1.82, 2.24) is 9.97 Å². The fourth-order valence-electron chi connectivity index (χ4n) is 2.72. The summed E-state index contributed by atoms with van der Waals surface area (Å²) in [7, 11) is 0. The third kappa shape index (κ3) is 4.59. The van der Waals surface area contributed by atoms with Gasteiger partial charge in [-0.2, -0.15) is 0 Å². The number of ether oxygens (including phenoxy) is 1. The molecule has 4 rings (SSSR count). The predicted octanol–water partition coefficient (Wildman–Crippen LogP) is 2.90. The van der Waals surface area contributed by atoms with Gasteiger partial charge in [0.15, 0.2) is 5.22 Å². The molecular formula is C22H14ClFN2O4. The summed E-state index contributed by atoms with van der Waals surface area (Å²) in [6.45, 7) is 0. The lowest BCUT2D eigenvalue weighted by Crippen LogP contribution is -2.46. The summed E-state index contributed by atoms with van der Waals surface area (Å²) in [5, 5.41) is 0.290. The Kier molecular flexibility index (Phi) is 5.36. The molecule has 2 N–H and O–H groups in total. The van der Waals surface area contributed by atoms with Crippen molar-refractivity contribution in [3.8, 4) is 11.5 Å². The van der Waals surface area contributed by atoms with E-state index in [-0.39, 0.29) is 21.7 Å². The van der Waals surface area contributed by atoms with Crippen LogP contribution in [-0.2, 0) is 0 Å². The Morgan fingerprint density at radius 3 is 2.23 bits per heavy atom. The SMILES string of the molecule is O=c1[nH]/c(=C\c2ccc(Cl)o2)c(=O)[nH]/c1=C\c1cccc(Oc2ccc(F)cc2)c1. The average molecular weight is 425 g/mol. The number of hydrogen-bond donors (Lipinski definition) is 2. The van der Waals surface area contributed by atoms with Crippen molar-refractivity contribution in [3.63, 3.8) is 0 Å². The summed E-state index contributed by atoms with van der Waals surface area (Å²) in [4.78, 5) is 29.8. The van der Waals surface area contributed by atoms with Crippen LogP contribution in [0.3, 0.4) is 0 Å². The van der Waals surface area contributed by atoms with Gasteiger partial charge >= 0.3 is 0 Å². The van der Waals surface area contributed by atoms with Gasteiger partial charge in [0.05, 0.1) is 0 Å². The minimum Gasteiger partial charge on any atom is -0.457 e. The summed E-state index contributed by atoms with van der Waals surface area (Å²) >= 11 is 5.71. The van der Waals surface area contributed by atoms with Gasteiger partial charge in [-0.1, -0.05) is 12.1 Å². The molecule has 8 heteroatoms. The van der Waals surface area contributed by atoms with E-state index in [4.69, 9.17) is 20.8 Å². The maximum Gasteiger partial charge on any atom is 0.272 e. The molecule has 0 spiro atoms. The fraction of sp³-hybridized carbons (Fsp3) is 0. The molecule has 2 heterocycles. The standard InChI is InChI=1S/C22H14ClFN2O4/c23-20-9-8-17(30-20)12-19-22(28)25-18(21(27)26-19)11-13-2-1-3-16(10-13)29-15-6-4-14(24)5-7-15/h1-12H,(H,25,28)(H,26,27)/b18-11-,19-12-. The number of aromatic nitrogens is 2. The van der Waals surface area contributed by atoms with E-state index in [1.54, 1.807) is 30.3 Å². The molecular weight excluding hydrogens is 411 g/mol. The number of halogens is 2. The van der Waals surface area contributed by atoms with Crippen molar-refractivity contribution in [2.75, 3.05) is 0 Å². The molecule has 30 heavy (non-hydrogen) atoms. The van der Waals surface area contributed by atoms with Gasteiger partial charge in [0, 0.05) is 6.08 Å². The summed E-state index contributed by atoms with van der Waals surface area (Å²) < 4.78 is 23.9. The molecule has 0 saturated carbocycles. The number of hydrogen-bond acceptors (Lipinski definition) is 4. The van der Waals surface area contributed by atoms with Crippen LogP contribution in [-0.4, -0.2) is 9.97 Å². The average Bonchev–Trinajstić information content (AvgIpc) is 3.13. The Balaban J connectivity index is 1.67. The van der Waals surface area contributed by atoms with Crippen LogP contribution in [0.2, 0.25) is 5.22 Å². The van der Waals surface area contributed by atoms with Gasteiger partial charge < -0.3 is 19.1 Å². The zero-order valence-electron chi connectivity index (χ0n) is 15.3. The zero-order valence-corrected chi connectivity index (χ0v) is 16.1. The monoisotopic (exact) mass is 424 g/mol. The van der Waals surface area contributed by atoms with Crippen LogP contribution < -0.4 is 26.6 Å². The van der Waals surface area contributed by atoms with Crippen LogP contribution in [0.5, 0.6) is 11.5 Å². The highest BCUT2D eigenvalue weighted by atomic mass is 35.5. The molecule has 0 atom stereocenters. The first-order chi connectivity index (χ1) is 14.5. The Morgan fingerprint density at radius 1 is 0.867 bits per heavy atom. The van der Waals surface area contributed by atoms with Gasteiger partial charge in [0.1, 0.15) is 33.8 Å². The van der Waals surface area contributed by atoms with E-state index >= 15 is 0 Å². The molecule has 0 aliphatic carbocycles. The summed E-state index contributed by atoms with van der Waals surface area (Å²) in [6, 6.07) is 15.6. The molecule has 2 aromatic carbocycles. The number of H-pyrrole nitrogens is 2. The normalized spacial score (nSPS) is 12.3. The first kappa shape index (κ1) is 19.5. The number of benzene rings is 2. The largest absolute Gasteiger partial charge is 0.457 e. The summed E-state index contributed by atoms with van der Waals surface area (Å²) in [6.07, 6.45) is 2.90. The second-order valence-corrected chi connectivity index (χ2v) is 6.67. The van der Waals surface area contributed by atoms with Gasteiger partial charge in [-0.05, 0) is 71.8 Å². The van der Waals surface area contributed by atoms with E-state index in [1.165, 1.54) is 42.5 Å². The topological polar surface area (TPSA) is 88.1 Å². The maximum absolute atomic E-state index is 13.0. The molecule has 0 fully saturated rings. The van der Waals surface area contributed by atoms with Crippen molar-refractivity contribution in [3.05, 3.63) is 114 Å². The highest BCUT2D eigenvalue weighted by molar-refractivity contribution is 6.28. The van der Waals surface area contributed by atoms with Gasteiger partial charge in [0.25, 0.3) is 11.1 Å². The Bertz CT molecular complexity index is 1440. The van der Waals surface area contributed by atoms with Gasteiger partial charge in [-0.25, -0.2) is 4.39 Å². The van der Waals surface area contributed by atoms with Crippen molar-refractivity contribution in [2.24, 2.45) is 0 Å². The highest BCUT2D eigenvalue weighted by Gasteiger charge is 2.02. The predicted molar refractivity (Wildman–Crippen MR) is 111 cm³/mol. The van der Waals surface area contributed by atoms with Gasteiger partial charge in [-0.3, -0.25) is 9.59 Å². The Morgan fingerprint density at radius 2 is 1.57 bits per heavy atom. The quantitative estimate of drug-likeness (QED) is 0.527. The second-order valence-electron chi connectivity index (χ2n) is 6.29. The van der Waals surface area contributed by atoms with Crippen molar-refractivity contribution in [1.29, 1.82) is 0 Å². The summed E-state index contributed by atoms with van der Waals surface area (Å²) in [5.41, 5.74) is -0.347. The zero-order chi connectivity index (χ0) is 21.1. The molecule has 0 aliphatic heterocycles. The van der Waals surface area contributed by atoms with E-state index in [9.17, 15) is 14.0 Å². The molecule has 2 aromatic heterocycles. The minimum absolute atomic E-state index is 0.0385. The third-order valence-corrected chi connectivity index (χ3v) is 4.29. The number of aromatic amines is 2. The molecule has 150 valence electrons. The van der Waals surface area contributed by atoms with E-state index in [0.717, 1.165) is 0 Å². The van der Waals surface area contributed by atoms with Gasteiger partial charge in [0.2, 0.25) is 0 Å². The second kappa shape index (κ2) is 8.26. The Labute approximate surface area is 173 Å². The highest BCUT2D eigenvalue weighted by Crippen LogP contribution is 2.22. The van der Waals surface area contributed by atoms with Crippen LogP contribution in [0.15, 0.2) is 74.7 Å². The van der Waals surface area contributed by atoms with Crippen LogP contribution in [0.1, 0.15) is 11.3 Å². The molecule has 0 bridgehead atoms. The van der Waals surface area contributed by atoms with Crippen molar-refractivity contribution >= 4 is 23.8 Å². The van der Waals surface area contributed by atoms with E-state index in [2.05, 4.69) is 9.97 Å². The summed E-state index contributed by atoms with van der Waals surface area (Å²) in [5.74, 6) is 0.943. The lowest BCUT2D eigenvalue weighted by molar-refractivity contribution is 0.480. The Hall–Kier alpha value is -3.84. The molecule has 0 aliphatic rings. The maximum atomic E-state index is 13.0. The number of nitrogens with one attached hydrogen (secondary N) is 2.